The summed E-state index contributed by atoms with van der Waals surface area (Å²) in [5.74, 6) is 0.0105. The van der Waals surface area contributed by atoms with Gasteiger partial charge < -0.3 is 20.5 Å². The highest BCUT2D eigenvalue weighted by atomic mass is 28.3. The van der Waals surface area contributed by atoms with E-state index in [4.69, 9.17) is 4.74 Å². The van der Waals surface area contributed by atoms with Gasteiger partial charge in [0.1, 0.15) is 12.4 Å². The molecule has 7 heteroatoms. The summed E-state index contributed by atoms with van der Waals surface area (Å²) in [4.78, 5) is 23.7. The maximum Gasteiger partial charge on any atom is 0.250 e. The molecule has 2 aromatic rings. The Morgan fingerprint density at radius 2 is 1.67 bits per heavy atom. The maximum atomic E-state index is 12.0. The fourth-order valence-corrected chi connectivity index (χ4v) is 4.41. The molecule has 2 aromatic carbocycles. The monoisotopic (exact) mass is 386 g/mol. The zero-order chi connectivity index (χ0) is 20.2. The Morgan fingerprint density at radius 3 is 2.15 bits per heavy atom. The first-order chi connectivity index (χ1) is 12.7. The molecule has 0 spiro atoms. The van der Waals surface area contributed by atoms with Crippen LogP contribution >= 0.6 is 0 Å². The predicted molar refractivity (Wildman–Crippen MR) is 111 cm³/mol. The number of aliphatic hydroxyl groups is 1. The van der Waals surface area contributed by atoms with Gasteiger partial charge in [0.25, 0.3) is 0 Å². The Labute approximate surface area is 160 Å². The van der Waals surface area contributed by atoms with Gasteiger partial charge in [0.2, 0.25) is 11.8 Å². The number of aliphatic hydroxyl groups excluding tert-OH is 1. The Bertz CT molecular complexity index is 842. The number of hydrogen-bond donors (Lipinski definition) is 3. The average molecular weight is 387 g/mol. The van der Waals surface area contributed by atoms with E-state index in [1.54, 1.807) is 7.11 Å². The second-order valence-corrected chi connectivity index (χ2v) is 12.3. The van der Waals surface area contributed by atoms with Gasteiger partial charge in [-0.05, 0) is 28.9 Å². The number of carbonyl (C=O) groups is 2. The van der Waals surface area contributed by atoms with Gasteiger partial charge >= 0.3 is 0 Å². The summed E-state index contributed by atoms with van der Waals surface area (Å²) in [6.45, 7) is 7.35. The van der Waals surface area contributed by atoms with Crippen LogP contribution in [0.2, 0.25) is 19.6 Å². The molecular weight excluding hydrogens is 360 g/mol. The number of carbonyl (C=O) groups excluding carboxylic acids is 2. The van der Waals surface area contributed by atoms with Crippen LogP contribution < -0.4 is 20.6 Å². The van der Waals surface area contributed by atoms with E-state index in [-0.39, 0.29) is 5.91 Å². The highest BCUT2D eigenvalue weighted by molar-refractivity contribution is 6.90. The van der Waals surface area contributed by atoms with Gasteiger partial charge in [0.05, 0.1) is 20.9 Å². The quantitative estimate of drug-likeness (QED) is 0.666. The third-order valence-electron chi connectivity index (χ3n) is 4.11. The lowest BCUT2D eigenvalue weighted by Gasteiger charge is -2.26. The van der Waals surface area contributed by atoms with E-state index >= 15 is 0 Å². The molecule has 0 atom stereocenters. The van der Waals surface area contributed by atoms with E-state index in [0.29, 0.717) is 17.1 Å². The van der Waals surface area contributed by atoms with Gasteiger partial charge in [-0.3, -0.25) is 9.59 Å². The van der Waals surface area contributed by atoms with Crippen LogP contribution in [-0.4, -0.2) is 38.7 Å². The topological polar surface area (TPSA) is 87.7 Å². The molecule has 0 radical (unpaired) electrons. The van der Waals surface area contributed by atoms with Crippen molar-refractivity contribution in [1.82, 2.24) is 0 Å². The highest BCUT2D eigenvalue weighted by Gasteiger charge is 2.26. The molecule has 144 valence electrons. The third-order valence-corrected chi connectivity index (χ3v) is 6.14. The molecule has 3 N–H and O–H groups in total. The van der Waals surface area contributed by atoms with Crippen molar-refractivity contribution in [3.05, 3.63) is 36.4 Å². The van der Waals surface area contributed by atoms with Crippen molar-refractivity contribution >= 4 is 36.4 Å². The summed E-state index contributed by atoms with van der Waals surface area (Å²) in [6.07, 6.45) is 0. The molecule has 0 saturated heterocycles. The van der Waals surface area contributed by atoms with Crippen molar-refractivity contribution in [3.63, 3.8) is 0 Å². The predicted octanol–water partition coefficient (Wildman–Crippen LogP) is 2.80. The molecule has 2 amide bonds. The van der Waals surface area contributed by atoms with Crippen LogP contribution in [-0.2, 0) is 9.59 Å². The van der Waals surface area contributed by atoms with E-state index in [1.165, 1.54) is 6.92 Å². The van der Waals surface area contributed by atoms with E-state index in [2.05, 4.69) is 30.3 Å². The molecule has 0 aliphatic heterocycles. The number of ether oxygens (including phenoxy) is 1. The number of anilines is 2. The molecule has 0 saturated carbocycles. The van der Waals surface area contributed by atoms with Crippen LogP contribution in [0.1, 0.15) is 6.92 Å². The largest absolute Gasteiger partial charge is 0.497 e. The minimum absolute atomic E-state index is 0.204. The standard InChI is InChI=1S/C20H26N2O4Si/c1-13(24)21-16-10-11-17(27(3,4)5)20(22-18(25)12-23)19(16)14-6-8-15(26-2)9-7-14/h6-11,23H,12H2,1-5H3,(H,21,24)(H,22,25). The molecule has 6 nitrogen and oxygen atoms in total. The molecule has 0 fully saturated rings. The lowest BCUT2D eigenvalue weighted by Crippen LogP contribution is -2.40. The van der Waals surface area contributed by atoms with Crippen LogP contribution in [0.5, 0.6) is 5.75 Å². The van der Waals surface area contributed by atoms with E-state index < -0.39 is 20.6 Å². The van der Waals surface area contributed by atoms with Crippen molar-refractivity contribution in [2.24, 2.45) is 0 Å². The SMILES string of the molecule is COc1ccc(-c2c(NC(C)=O)ccc([Si](C)(C)C)c2NC(=O)CO)cc1. The number of hydrogen-bond acceptors (Lipinski definition) is 4. The zero-order valence-corrected chi connectivity index (χ0v) is 17.3. The summed E-state index contributed by atoms with van der Waals surface area (Å²) < 4.78 is 5.22. The molecule has 27 heavy (non-hydrogen) atoms. The van der Waals surface area contributed by atoms with Crippen LogP contribution in [0, 0.1) is 0 Å². The van der Waals surface area contributed by atoms with E-state index in [0.717, 1.165) is 16.3 Å². The number of benzene rings is 2. The zero-order valence-electron chi connectivity index (χ0n) is 16.3. The van der Waals surface area contributed by atoms with Crippen molar-refractivity contribution in [3.8, 4) is 16.9 Å². The first-order valence-electron chi connectivity index (χ1n) is 8.67. The molecule has 0 heterocycles. The number of amides is 2. The van der Waals surface area contributed by atoms with Gasteiger partial charge in [-0.25, -0.2) is 0 Å². The maximum absolute atomic E-state index is 12.0. The summed E-state index contributed by atoms with van der Waals surface area (Å²) in [5, 5.41) is 16.0. The summed E-state index contributed by atoms with van der Waals surface area (Å²) >= 11 is 0. The highest BCUT2D eigenvalue weighted by Crippen LogP contribution is 2.36. The minimum Gasteiger partial charge on any atom is -0.497 e. The van der Waals surface area contributed by atoms with Crippen LogP contribution in [0.15, 0.2) is 36.4 Å². The van der Waals surface area contributed by atoms with Gasteiger partial charge in [-0.2, -0.15) is 0 Å². The van der Waals surface area contributed by atoms with Crippen molar-refractivity contribution in [1.29, 1.82) is 0 Å². The van der Waals surface area contributed by atoms with Gasteiger partial charge in [0, 0.05) is 18.2 Å². The molecule has 0 bridgehead atoms. The van der Waals surface area contributed by atoms with E-state index in [9.17, 15) is 14.7 Å². The van der Waals surface area contributed by atoms with Crippen LogP contribution in [0.4, 0.5) is 11.4 Å². The Hall–Kier alpha value is -2.64. The summed E-state index contributed by atoms with van der Waals surface area (Å²) in [7, 11) is -0.242. The van der Waals surface area contributed by atoms with Gasteiger partial charge in [0.15, 0.2) is 0 Å². The number of rotatable bonds is 6. The van der Waals surface area contributed by atoms with Gasteiger partial charge in [-0.1, -0.05) is 37.8 Å². The fraction of sp³-hybridized carbons (Fsp3) is 0.300. The first kappa shape index (κ1) is 20.7. The Morgan fingerprint density at radius 1 is 1.04 bits per heavy atom. The third kappa shape index (κ3) is 4.96. The molecule has 2 rings (SSSR count). The first-order valence-corrected chi connectivity index (χ1v) is 12.2. The van der Waals surface area contributed by atoms with Crippen molar-refractivity contribution in [2.45, 2.75) is 26.6 Å². The second kappa shape index (κ2) is 8.37. The molecule has 0 aliphatic carbocycles. The minimum atomic E-state index is -1.84. The summed E-state index contributed by atoms with van der Waals surface area (Å²) in [6, 6.07) is 11.2. The van der Waals surface area contributed by atoms with Crippen LogP contribution in [0.25, 0.3) is 11.1 Å². The Balaban J connectivity index is 2.79. The second-order valence-electron chi connectivity index (χ2n) is 7.28. The molecular formula is C20H26N2O4Si. The molecule has 0 unspecified atom stereocenters. The molecule has 0 aliphatic rings. The van der Waals surface area contributed by atoms with Gasteiger partial charge in [-0.15, -0.1) is 0 Å². The summed E-state index contributed by atoms with van der Waals surface area (Å²) in [5.41, 5.74) is 2.77. The number of methoxy groups -OCH3 is 1. The Kier molecular flexibility index (Phi) is 6.40. The smallest absolute Gasteiger partial charge is 0.250 e. The number of nitrogens with one attached hydrogen (secondary N) is 2. The van der Waals surface area contributed by atoms with E-state index in [1.807, 2.05) is 36.4 Å². The fourth-order valence-electron chi connectivity index (χ4n) is 2.89. The van der Waals surface area contributed by atoms with Crippen molar-refractivity contribution in [2.75, 3.05) is 24.4 Å². The molecule has 0 aromatic heterocycles. The normalized spacial score (nSPS) is 11.0. The lowest BCUT2D eigenvalue weighted by molar-refractivity contribution is -0.118. The lowest BCUT2D eigenvalue weighted by atomic mass is 10.0. The average Bonchev–Trinajstić information content (AvgIpc) is 2.60. The van der Waals surface area contributed by atoms with Crippen molar-refractivity contribution < 1.29 is 19.4 Å². The van der Waals surface area contributed by atoms with Crippen LogP contribution in [0.3, 0.4) is 0 Å².